The van der Waals surface area contributed by atoms with Crippen molar-refractivity contribution in [2.45, 2.75) is 33.3 Å². The van der Waals surface area contributed by atoms with Gasteiger partial charge in [0.05, 0.1) is 6.61 Å². The highest BCUT2D eigenvalue weighted by Crippen LogP contribution is 2.25. The zero-order valence-electron chi connectivity index (χ0n) is 14.1. The second-order valence-electron chi connectivity index (χ2n) is 5.95. The standard InChI is InChI=1S/C17H20N2O5/c1-5-22-15(20)13-14(23-10-18-13)11-6-8-12(9-7-11)19-16(21)24-17(2,3)4/h6-10H,5H2,1-4H3,(H,19,21). The molecule has 0 unspecified atom stereocenters. The number of rotatable bonds is 4. The van der Waals surface area contributed by atoms with Crippen LogP contribution < -0.4 is 5.32 Å². The Hall–Kier alpha value is -2.83. The van der Waals surface area contributed by atoms with Crippen molar-refractivity contribution in [1.29, 1.82) is 0 Å². The van der Waals surface area contributed by atoms with Gasteiger partial charge < -0.3 is 13.9 Å². The summed E-state index contributed by atoms with van der Waals surface area (Å²) in [7, 11) is 0. The molecule has 0 aliphatic rings. The summed E-state index contributed by atoms with van der Waals surface area (Å²) in [4.78, 5) is 27.5. The topological polar surface area (TPSA) is 90.7 Å². The summed E-state index contributed by atoms with van der Waals surface area (Å²) < 4.78 is 15.4. The smallest absolute Gasteiger partial charge is 0.412 e. The first-order valence-corrected chi connectivity index (χ1v) is 7.51. The SMILES string of the molecule is CCOC(=O)c1ncoc1-c1ccc(NC(=O)OC(C)(C)C)cc1. The first-order valence-electron chi connectivity index (χ1n) is 7.51. The fourth-order valence-corrected chi connectivity index (χ4v) is 1.92. The van der Waals surface area contributed by atoms with Crippen molar-refractivity contribution in [3.8, 4) is 11.3 Å². The van der Waals surface area contributed by atoms with E-state index in [0.717, 1.165) is 0 Å². The van der Waals surface area contributed by atoms with Crippen molar-refractivity contribution in [2.75, 3.05) is 11.9 Å². The van der Waals surface area contributed by atoms with Crippen LogP contribution in [-0.2, 0) is 9.47 Å². The summed E-state index contributed by atoms with van der Waals surface area (Å²) in [5.41, 5.74) is 0.749. The molecule has 128 valence electrons. The van der Waals surface area contributed by atoms with Crippen LogP contribution in [0.4, 0.5) is 10.5 Å². The molecule has 7 nitrogen and oxygen atoms in total. The van der Waals surface area contributed by atoms with Crippen molar-refractivity contribution >= 4 is 17.7 Å². The van der Waals surface area contributed by atoms with E-state index in [-0.39, 0.29) is 12.3 Å². The molecule has 1 N–H and O–H groups in total. The van der Waals surface area contributed by atoms with E-state index >= 15 is 0 Å². The average Bonchev–Trinajstić information content (AvgIpc) is 2.95. The van der Waals surface area contributed by atoms with Crippen LogP contribution in [0.1, 0.15) is 38.2 Å². The summed E-state index contributed by atoms with van der Waals surface area (Å²) >= 11 is 0. The number of anilines is 1. The Kier molecular flexibility index (Phi) is 5.23. The van der Waals surface area contributed by atoms with Crippen molar-refractivity contribution in [3.63, 3.8) is 0 Å². The lowest BCUT2D eigenvalue weighted by Gasteiger charge is -2.19. The molecule has 1 aromatic heterocycles. The van der Waals surface area contributed by atoms with Gasteiger partial charge in [-0.15, -0.1) is 0 Å². The van der Waals surface area contributed by atoms with Crippen molar-refractivity contribution in [2.24, 2.45) is 0 Å². The van der Waals surface area contributed by atoms with E-state index in [1.807, 2.05) is 0 Å². The number of nitrogens with one attached hydrogen (secondary N) is 1. The summed E-state index contributed by atoms with van der Waals surface area (Å²) in [5.74, 6) is -0.227. The first-order chi connectivity index (χ1) is 11.3. The number of amides is 1. The molecule has 0 fully saturated rings. The molecule has 24 heavy (non-hydrogen) atoms. The largest absolute Gasteiger partial charge is 0.461 e. The number of benzene rings is 1. The highest BCUT2D eigenvalue weighted by Gasteiger charge is 2.20. The summed E-state index contributed by atoms with van der Waals surface area (Å²) in [6.45, 7) is 7.34. The van der Waals surface area contributed by atoms with Crippen LogP contribution in [0.3, 0.4) is 0 Å². The van der Waals surface area contributed by atoms with Crippen LogP contribution in [0, 0.1) is 0 Å². The van der Waals surface area contributed by atoms with Crippen LogP contribution in [0.2, 0.25) is 0 Å². The third kappa shape index (κ3) is 4.58. The summed E-state index contributed by atoms with van der Waals surface area (Å²) in [6, 6.07) is 6.76. The second-order valence-corrected chi connectivity index (χ2v) is 5.95. The predicted octanol–water partition coefficient (Wildman–Crippen LogP) is 3.87. The quantitative estimate of drug-likeness (QED) is 0.855. The van der Waals surface area contributed by atoms with Gasteiger partial charge >= 0.3 is 12.1 Å². The van der Waals surface area contributed by atoms with Gasteiger partial charge in [0.2, 0.25) is 0 Å². The molecular formula is C17H20N2O5. The molecule has 1 amide bonds. The monoisotopic (exact) mass is 332 g/mol. The first kappa shape index (κ1) is 17.5. The molecule has 0 spiro atoms. The van der Waals surface area contributed by atoms with Crippen molar-refractivity contribution in [3.05, 3.63) is 36.4 Å². The number of hydrogen-bond acceptors (Lipinski definition) is 6. The van der Waals surface area contributed by atoms with E-state index in [0.29, 0.717) is 17.0 Å². The van der Waals surface area contributed by atoms with Crippen LogP contribution in [0.15, 0.2) is 35.1 Å². The van der Waals surface area contributed by atoms with Gasteiger partial charge in [0.1, 0.15) is 5.60 Å². The molecule has 0 bridgehead atoms. The third-order valence-corrected chi connectivity index (χ3v) is 2.83. The number of ether oxygens (including phenoxy) is 2. The fraction of sp³-hybridized carbons (Fsp3) is 0.353. The number of nitrogens with zero attached hydrogens (tertiary/aromatic N) is 1. The lowest BCUT2D eigenvalue weighted by Crippen LogP contribution is -2.27. The van der Waals surface area contributed by atoms with Gasteiger partial charge in [-0.2, -0.15) is 0 Å². The number of aromatic nitrogens is 1. The summed E-state index contributed by atoms with van der Waals surface area (Å²) in [6.07, 6.45) is 0.649. The molecule has 2 rings (SSSR count). The lowest BCUT2D eigenvalue weighted by atomic mass is 10.1. The molecule has 0 saturated heterocycles. The maximum Gasteiger partial charge on any atom is 0.412 e. The molecule has 1 heterocycles. The maximum atomic E-state index is 11.8. The Morgan fingerprint density at radius 1 is 1.21 bits per heavy atom. The Bertz CT molecular complexity index is 713. The Morgan fingerprint density at radius 3 is 2.46 bits per heavy atom. The highest BCUT2D eigenvalue weighted by atomic mass is 16.6. The number of oxazole rings is 1. The minimum Gasteiger partial charge on any atom is -0.461 e. The van der Waals surface area contributed by atoms with Gasteiger partial charge in [-0.25, -0.2) is 14.6 Å². The van der Waals surface area contributed by atoms with Gasteiger partial charge in [-0.05, 0) is 52.0 Å². The molecule has 0 aliphatic carbocycles. The molecule has 1 aromatic carbocycles. The maximum absolute atomic E-state index is 11.8. The number of esters is 1. The van der Waals surface area contributed by atoms with Crippen molar-refractivity contribution < 1.29 is 23.5 Å². The molecule has 0 aliphatic heterocycles. The second kappa shape index (κ2) is 7.16. The van der Waals surface area contributed by atoms with E-state index in [1.54, 1.807) is 52.0 Å². The average molecular weight is 332 g/mol. The van der Waals surface area contributed by atoms with E-state index < -0.39 is 17.7 Å². The van der Waals surface area contributed by atoms with Crippen LogP contribution in [-0.4, -0.2) is 29.3 Å². The van der Waals surface area contributed by atoms with Gasteiger partial charge in [0, 0.05) is 11.3 Å². The van der Waals surface area contributed by atoms with Gasteiger partial charge in [-0.1, -0.05) is 0 Å². The fourth-order valence-electron chi connectivity index (χ4n) is 1.92. The van der Waals surface area contributed by atoms with Crippen LogP contribution >= 0.6 is 0 Å². The molecule has 0 saturated carbocycles. The van der Waals surface area contributed by atoms with E-state index in [9.17, 15) is 9.59 Å². The van der Waals surface area contributed by atoms with E-state index in [1.165, 1.54) is 6.39 Å². The number of hydrogen-bond donors (Lipinski definition) is 1. The molecule has 7 heteroatoms. The third-order valence-electron chi connectivity index (χ3n) is 2.83. The Balaban J connectivity index is 2.12. The number of carbonyl (C=O) groups is 2. The predicted molar refractivity (Wildman–Crippen MR) is 87.8 cm³/mol. The number of carbonyl (C=O) groups excluding carboxylic acids is 2. The normalized spacial score (nSPS) is 11.0. The molecule has 0 radical (unpaired) electrons. The Morgan fingerprint density at radius 2 is 1.88 bits per heavy atom. The van der Waals surface area contributed by atoms with E-state index in [2.05, 4.69) is 10.3 Å². The zero-order valence-corrected chi connectivity index (χ0v) is 14.1. The van der Waals surface area contributed by atoms with Gasteiger partial charge in [0.25, 0.3) is 0 Å². The highest BCUT2D eigenvalue weighted by molar-refractivity contribution is 5.93. The van der Waals surface area contributed by atoms with Crippen molar-refractivity contribution in [1.82, 2.24) is 4.98 Å². The molecular weight excluding hydrogens is 312 g/mol. The molecule has 2 aromatic rings. The lowest BCUT2D eigenvalue weighted by molar-refractivity contribution is 0.0519. The summed E-state index contributed by atoms with van der Waals surface area (Å²) in [5, 5.41) is 2.63. The molecule has 0 atom stereocenters. The van der Waals surface area contributed by atoms with Gasteiger partial charge in [0.15, 0.2) is 17.8 Å². The van der Waals surface area contributed by atoms with Crippen LogP contribution in [0.25, 0.3) is 11.3 Å². The Labute approximate surface area is 140 Å². The van der Waals surface area contributed by atoms with Gasteiger partial charge in [-0.3, -0.25) is 5.32 Å². The zero-order chi connectivity index (χ0) is 17.7. The minimum absolute atomic E-state index is 0.115. The van der Waals surface area contributed by atoms with E-state index in [4.69, 9.17) is 13.9 Å². The van der Waals surface area contributed by atoms with Crippen LogP contribution in [0.5, 0.6) is 0 Å². The minimum atomic E-state index is -0.571.